The summed E-state index contributed by atoms with van der Waals surface area (Å²) >= 11 is 2.59. The molecular weight excluding hydrogens is 753 g/mol. The van der Waals surface area contributed by atoms with Crippen molar-refractivity contribution in [1.82, 2.24) is 39.9 Å². The zero-order chi connectivity index (χ0) is 38.9. The molecule has 17 nitrogen and oxygen atoms in total. The number of aromatic nitrogens is 8. The molecule has 6 N–H and O–H groups in total. The minimum atomic E-state index is -0.504. The van der Waals surface area contributed by atoms with E-state index in [9.17, 15) is 14.4 Å². The molecule has 1 amide bonds. The second kappa shape index (κ2) is 15.5. The molecule has 0 radical (unpaired) electrons. The number of fused-ring (bicyclic) bond motifs is 4. The van der Waals surface area contributed by atoms with E-state index in [-0.39, 0.29) is 5.56 Å². The predicted octanol–water partition coefficient (Wildman–Crippen LogP) is 3.16. The molecule has 0 unspecified atom stereocenters. The van der Waals surface area contributed by atoms with Gasteiger partial charge < -0.3 is 36.1 Å². The first kappa shape index (κ1) is 36.8. The normalized spacial score (nSPS) is 14.8. The number of carbonyl (C=O) groups is 1. The molecule has 9 heterocycles. The number of carbonyl (C=O) groups excluding carboxylic acids is 1. The van der Waals surface area contributed by atoms with Crippen molar-refractivity contribution in [3.8, 4) is 0 Å². The highest BCUT2D eigenvalue weighted by atomic mass is 32.1. The summed E-state index contributed by atoms with van der Waals surface area (Å²) in [4.78, 5) is 78.4. The van der Waals surface area contributed by atoms with E-state index in [0.717, 1.165) is 120 Å². The van der Waals surface area contributed by atoms with Crippen LogP contribution in [0.15, 0.2) is 58.6 Å². The van der Waals surface area contributed by atoms with Crippen LogP contribution in [0.4, 0.5) is 29.2 Å². The van der Waals surface area contributed by atoms with Crippen LogP contribution in [0, 0.1) is 0 Å². The molecule has 0 spiro atoms. The Labute approximate surface area is 328 Å². The molecular formula is C37H40N14O3S2. The number of pyridine rings is 2. The summed E-state index contributed by atoms with van der Waals surface area (Å²) in [5.74, 6) is 2.80. The van der Waals surface area contributed by atoms with Gasteiger partial charge in [-0.3, -0.25) is 14.6 Å². The highest BCUT2D eigenvalue weighted by molar-refractivity contribution is 7.25. The first-order chi connectivity index (χ1) is 27.2. The first-order valence-corrected chi connectivity index (χ1v) is 20.0. The van der Waals surface area contributed by atoms with Gasteiger partial charge in [0.15, 0.2) is 0 Å². The number of H-pyrrole nitrogens is 2. The first-order valence-electron chi connectivity index (χ1n) is 18.4. The predicted molar refractivity (Wildman–Crippen MR) is 223 cm³/mol. The zero-order valence-corrected chi connectivity index (χ0v) is 32.5. The van der Waals surface area contributed by atoms with Gasteiger partial charge in [-0.15, -0.1) is 22.7 Å². The molecule has 56 heavy (non-hydrogen) atoms. The lowest BCUT2D eigenvalue weighted by Crippen LogP contribution is -2.47. The molecule has 7 aromatic rings. The Bertz CT molecular complexity index is 2650. The fourth-order valence-electron chi connectivity index (χ4n) is 7.17. The summed E-state index contributed by atoms with van der Waals surface area (Å²) in [5, 5.41) is 1.73. The number of aryl methyl sites for hydroxylation is 2. The van der Waals surface area contributed by atoms with E-state index in [4.69, 9.17) is 21.4 Å². The van der Waals surface area contributed by atoms with E-state index in [1.165, 1.54) is 22.7 Å². The van der Waals surface area contributed by atoms with Gasteiger partial charge in [0.25, 0.3) is 11.5 Å². The lowest BCUT2D eigenvalue weighted by molar-refractivity contribution is 0.100. The molecule has 0 bridgehead atoms. The third-order valence-electron chi connectivity index (χ3n) is 10.0. The maximum absolute atomic E-state index is 12.2. The lowest BCUT2D eigenvalue weighted by atomic mass is 10.1. The number of nitrogens with one attached hydrogen (secondary N) is 2. The Morgan fingerprint density at radius 2 is 1.16 bits per heavy atom. The Hall–Kier alpha value is -6.21. The van der Waals surface area contributed by atoms with Gasteiger partial charge in [0, 0.05) is 87.9 Å². The summed E-state index contributed by atoms with van der Waals surface area (Å²) < 4.78 is 0.505. The van der Waals surface area contributed by atoms with Gasteiger partial charge in [0.2, 0.25) is 11.9 Å². The number of piperazine rings is 2. The highest BCUT2D eigenvalue weighted by Crippen LogP contribution is 2.37. The molecule has 0 atom stereocenters. The van der Waals surface area contributed by atoms with Crippen molar-refractivity contribution in [2.24, 2.45) is 5.73 Å². The lowest BCUT2D eigenvalue weighted by Gasteiger charge is -2.35. The Morgan fingerprint density at radius 1 is 0.696 bits per heavy atom. The minimum Gasteiger partial charge on any atom is -0.397 e. The van der Waals surface area contributed by atoms with Crippen LogP contribution < -0.4 is 42.3 Å². The van der Waals surface area contributed by atoms with E-state index in [1.807, 2.05) is 12.1 Å². The van der Waals surface area contributed by atoms with Crippen molar-refractivity contribution in [1.29, 1.82) is 0 Å². The van der Waals surface area contributed by atoms with Crippen molar-refractivity contribution in [3.63, 3.8) is 0 Å². The van der Waals surface area contributed by atoms with Crippen LogP contribution in [0.5, 0.6) is 0 Å². The third kappa shape index (κ3) is 7.05. The number of primary amides is 1. The second-order valence-corrected chi connectivity index (χ2v) is 15.3. The number of aromatic amines is 2. The zero-order valence-electron chi connectivity index (χ0n) is 30.9. The van der Waals surface area contributed by atoms with Gasteiger partial charge in [0.05, 0.1) is 11.2 Å². The summed E-state index contributed by atoms with van der Waals surface area (Å²) in [6.45, 7) is 10.7. The summed E-state index contributed by atoms with van der Waals surface area (Å²) in [7, 11) is 0. The van der Waals surface area contributed by atoms with Gasteiger partial charge in [-0.2, -0.15) is 0 Å². The van der Waals surface area contributed by atoms with Gasteiger partial charge in [-0.1, -0.05) is 13.8 Å². The third-order valence-corrected chi connectivity index (χ3v) is 12.2. The van der Waals surface area contributed by atoms with Gasteiger partial charge in [0.1, 0.15) is 30.9 Å². The summed E-state index contributed by atoms with van der Waals surface area (Å²) in [6, 6.07) is 7.78. The number of nitrogen functional groups attached to an aromatic ring is 1. The van der Waals surface area contributed by atoms with Crippen LogP contribution in [-0.4, -0.2) is 98.1 Å². The maximum atomic E-state index is 12.2. The average molecular weight is 793 g/mol. The minimum absolute atomic E-state index is 0.369. The van der Waals surface area contributed by atoms with Crippen LogP contribution in [0.1, 0.15) is 34.6 Å². The summed E-state index contributed by atoms with van der Waals surface area (Å²) in [6.07, 6.45) is 8.62. The quantitative estimate of drug-likeness (QED) is 0.182. The molecule has 0 aromatic carbocycles. The van der Waals surface area contributed by atoms with E-state index in [0.29, 0.717) is 20.8 Å². The van der Waals surface area contributed by atoms with Gasteiger partial charge in [-0.05, 0) is 48.2 Å². The van der Waals surface area contributed by atoms with Crippen LogP contribution in [-0.2, 0) is 12.8 Å². The molecule has 2 aliphatic rings. The molecule has 0 aliphatic carbocycles. The van der Waals surface area contributed by atoms with Crippen LogP contribution in [0.3, 0.4) is 0 Å². The van der Waals surface area contributed by atoms with Crippen molar-refractivity contribution in [3.05, 3.63) is 85.9 Å². The molecule has 2 fully saturated rings. The molecule has 2 aliphatic heterocycles. The highest BCUT2D eigenvalue weighted by Gasteiger charge is 2.25. The van der Waals surface area contributed by atoms with Gasteiger partial charge >= 0.3 is 5.69 Å². The fourth-order valence-corrected chi connectivity index (χ4v) is 9.23. The smallest absolute Gasteiger partial charge is 0.326 e. The summed E-state index contributed by atoms with van der Waals surface area (Å²) in [5.41, 5.74) is 14.0. The van der Waals surface area contributed by atoms with Crippen molar-refractivity contribution in [2.75, 3.05) is 77.7 Å². The number of hydrogen-bond acceptors (Lipinski definition) is 16. The van der Waals surface area contributed by atoms with E-state index in [1.54, 1.807) is 24.8 Å². The van der Waals surface area contributed by atoms with Crippen molar-refractivity contribution >= 4 is 88.5 Å². The monoisotopic (exact) mass is 792 g/mol. The molecule has 7 aromatic heterocycles. The SMILES string of the molecule is CCc1cc(N2CCN(c3ncccn3)CC2)nc2sc(C(N)=O)c(N)c12.CCc1cc(N2CCN(c3ncccn3)CC2)nc2sc3c(=O)[nH]c(=O)[nH]c3c12. The number of nitrogens with zero attached hydrogens (tertiary/aromatic N) is 10. The Balaban J connectivity index is 0.000000158. The molecule has 2 saturated heterocycles. The van der Waals surface area contributed by atoms with Crippen LogP contribution in [0.2, 0.25) is 0 Å². The molecule has 0 saturated carbocycles. The topological polar surface area (TPSA) is 225 Å². The van der Waals surface area contributed by atoms with Crippen LogP contribution >= 0.6 is 22.7 Å². The van der Waals surface area contributed by atoms with Gasteiger partial charge in [-0.25, -0.2) is 34.7 Å². The fraction of sp³-hybridized carbons (Fsp3) is 0.324. The van der Waals surface area contributed by atoms with Crippen molar-refractivity contribution in [2.45, 2.75) is 26.7 Å². The Morgan fingerprint density at radius 3 is 1.64 bits per heavy atom. The molecule has 19 heteroatoms. The molecule has 288 valence electrons. The van der Waals surface area contributed by atoms with E-state index >= 15 is 0 Å². The number of hydrogen-bond donors (Lipinski definition) is 4. The second-order valence-electron chi connectivity index (χ2n) is 13.3. The number of thiophene rings is 2. The number of rotatable bonds is 7. The largest absolute Gasteiger partial charge is 0.397 e. The Kier molecular flexibility index (Phi) is 10.2. The van der Waals surface area contributed by atoms with Crippen molar-refractivity contribution < 1.29 is 4.79 Å². The maximum Gasteiger partial charge on any atom is 0.326 e. The number of anilines is 5. The average Bonchev–Trinajstić information content (AvgIpc) is 3.79. The number of amides is 1. The van der Waals surface area contributed by atoms with E-state index in [2.05, 4.69) is 75.5 Å². The van der Waals surface area contributed by atoms with Crippen LogP contribution in [0.25, 0.3) is 30.6 Å². The standard InChI is InChI=1S/C19H19N7O2S.C18H21N7OS/c1-2-11-10-12(25-6-8-26(9-7-25)18-20-4-3-5-21-18)22-17-13(11)14-15(29-17)16(27)24-19(28)23-14;1-2-11-10-12(23-17-13(11)14(19)15(27-17)16(20)26)24-6-8-25(9-7-24)18-21-4-3-5-22-18/h3-5,10H,2,6-9H2,1H3,(H2,23,24,27,28);3-5,10H,2,6-9,19H2,1H3,(H2,20,26). The number of nitrogens with two attached hydrogens (primary N) is 2. The van der Waals surface area contributed by atoms with E-state index < -0.39 is 11.6 Å². The molecule has 9 rings (SSSR count).